The minimum Gasteiger partial charge on any atom is -0.391 e. The van der Waals surface area contributed by atoms with Gasteiger partial charge in [0.2, 0.25) is 17.7 Å². The minimum atomic E-state index is -4.61. The van der Waals surface area contributed by atoms with E-state index in [9.17, 15) is 37.5 Å². The summed E-state index contributed by atoms with van der Waals surface area (Å²) in [4.78, 5) is 60.0. The second-order valence-electron chi connectivity index (χ2n) is 13.4. The van der Waals surface area contributed by atoms with Gasteiger partial charge in [0.25, 0.3) is 5.91 Å². The Morgan fingerprint density at radius 1 is 0.786 bits per heavy atom. The lowest BCUT2D eigenvalue weighted by Crippen LogP contribution is -2.54. The fraction of sp³-hybridized carbons (Fsp3) is 0.214. The smallest absolute Gasteiger partial charge is 0.391 e. The standard InChI is InChI=1S/C42H39F3N6O5/c43-42(44,45)29-14-8-13-28(22-29)39(34-23-27-12-5-7-16-31(27)48-34)51-38(54)20-19-36(52)33(21-25-9-2-1-3-10-25)49-41(56)35(24-37(46)53)50-40(55)32-18-17-26-11-4-6-15-30(26)47-32/h1-18,22-23,33,35-36,39,48,52H,19-21,24H2,(H2,46,53)(H,49,56)(H,50,55)(H,51,54)/t33?,35-,36-,39?/m0/s1. The number of amides is 4. The summed E-state index contributed by atoms with van der Waals surface area (Å²) in [6, 6.07) is 29.5. The van der Waals surface area contributed by atoms with E-state index < -0.39 is 66.0 Å². The summed E-state index contributed by atoms with van der Waals surface area (Å²) < 4.78 is 41.1. The van der Waals surface area contributed by atoms with Crippen LogP contribution in [0, 0.1) is 0 Å². The summed E-state index contributed by atoms with van der Waals surface area (Å²) in [5.74, 6) is -2.96. The van der Waals surface area contributed by atoms with E-state index in [2.05, 4.69) is 25.9 Å². The molecule has 2 unspecified atom stereocenters. The maximum Gasteiger partial charge on any atom is 0.416 e. The number of primary amides is 1. The summed E-state index contributed by atoms with van der Waals surface area (Å²) in [5.41, 5.74) is 7.24. The quantitative estimate of drug-likeness (QED) is 0.0806. The Morgan fingerprint density at radius 2 is 1.50 bits per heavy atom. The van der Waals surface area contributed by atoms with Gasteiger partial charge in [-0.1, -0.05) is 84.9 Å². The highest BCUT2D eigenvalue weighted by atomic mass is 19.4. The molecule has 0 saturated heterocycles. The molecule has 0 bridgehead atoms. The highest BCUT2D eigenvalue weighted by molar-refractivity contribution is 5.99. The maximum absolute atomic E-state index is 13.7. The lowest BCUT2D eigenvalue weighted by molar-refractivity contribution is -0.137. The number of fused-ring (bicyclic) bond motifs is 2. The molecular weight excluding hydrogens is 725 g/mol. The van der Waals surface area contributed by atoms with Gasteiger partial charge in [0.1, 0.15) is 11.7 Å². The highest BCUT2D eigenvalue weighted by Crippen LogP contribution is 2.33. The van der Waals surface area contributed by atoms with E-state index in [0.717, 1.165) is 34.0 Å². The van der Waals surface area contributed by atoms with Crippen LogP contribution in [0.5, 0.6) is 0 Å². The Balaban J connectivity index is 1.18. The van der Waals surface area contributed by atoms with Crippen molar-refractivity contribution in [3.63, 3.8) is 0 Å². The van der Waals surface area contributed by atoms with Gasteiger partial charge >= 0.3 is 6.18 Å². The third-order valence-corrected chi connectivity index (χ3v) is 9.33. The molecule has 0 aliphatic rings. The second kappa shape index (κ2) is 17.3. The molecule has 0 fully saturated rings. The van der Waals surface area contributed by atoms with Gasteiger partial charge < -0.3 is 31.8 Å². The fourth-order valence-electron chi connectivity index (χ4n) is 6.47. The number of hydrogen-bond donors (Lipinski definition) is 6. The molecule has 56 heavy (non-hydrogen) atoms. The lowest BCUT2D eigenvalue weighted by atomic mass is 9.96. The second-order valence-corrected chi connectivity index (χ2v) is 13.4. The third-order valence-electron chi connectivity index (χ3n) is 9.33. The Kier molecular flexibility index (Phi) is 12.1. The van der Waals surface area contributed by atoms with E-state index in [1.165, 1.54) is 18.2 Å². The Labute approximate surface area is 319 Å². The number of nitrogens with one attached hydrogen (secondary N) is 4. The summed E-state index contributed by atoms with van der Waals surface area (Å²) >= 11 is 0. The van der Waals surface area contributed by atoms with E-state index in [1.54, 1.807) is 66.7 Å². The molecule has 0 aliphatic heterocycles. The number of aromatic amines is 1. The number of para-hydroxylation sites is 2. The van der Waals surface area contributed by atoms with Crippen LogP contribution in [0.25, 0.3) is 21.8 Å². The molecular formula is C42H39F3N6O5. The van der Waals surface area contributed by atoms with Crippen LogP contribution in [0.15, 0.2) is 121 Å². The Bertz CT molecular complexity index is 2320. The molecule has 288 valence electrons. The molecule has 0 aliphatic carbocycles. The minimum absolute atomic E-state index is 0.00809. The van der Waals surface area contributed by atoms with Crippen LogP contribution < -0.4 is 21.7 Å². The number of aromatic nitrogens is 2. The molecule has 6 aromatic rings. The topological polar surface area (TPSA) is 179 Å². The average Bonchev–Trinajstić information content (AvgIpc) is 3.62. The van der Waals surface area contributed by atoms with Gasteiger partial charge in [0, 0.05) is 23.0 Å². The van der Waals surface area contributed by atoms with Gasteiger partial charge in [-0.3, -0.25) is 19.2 Å². The van der Waals surface area contributed by atoms with E-state index in [4.69, 9.17) is 5.73 Å². The van der Waals surface area contributed by atoms with Crippen LogP contribution in [0.2, 0.25) is 0 Å². The van der Waals surface area contributed by atoms with Crippen molar-refractivity contribution in [2.45, 2.75) is 56.1 Å². The van der Waals surface area contributed by atoms with Crippen molar-refractivity contribution in [1.82, 2.24) is 25.9 Å². The summed E-state index contributed by atoms with van der Waals surface area (Å²) in [5, 5.41) is 21.1. The van der Waals surface area contributed by atoms with Crippen molar-refractivity contribution in [3.8, 4) is 0 Å². The van der Waals surface area contributed by atoms with Crippen molar-refractivity contribution in [1.29, 1.82) is 0 Å². The number of nitrogens with two attached hydrogens (primary N) is 1. The van der Waals surface area contributed by atoms with Crippen LogP contribution in [-0.2, 0) is 27.0 Å². The van der Waals surface area contributed by atoms with Crippen molar-refractivity contribution >= 4 is 45.4 Å². The number of hydrogen-bond acceptors (Lipinski definition) is 6. The number of pyridine rings is 1. The number of halogens is 3. The number of rotatable bonds is 15. The number of H-pyrrole nitrogens is 1. The molecule has 2 heterocycles. The van der Waals surface area contributed by atoms with E-state index in [1.807, 2.05) is 24.3 Å². The van der Waals surface area contributed by atoms with E-state index >= 15 is 0 Å². The normalized spacial score (nSPS) is 13.7. The number of carbonyl (C=O) groups excluding carboxylic acids is 4. The van der Waals surface area contributed by atoms with Crippen molar-refractivity contribution in [2.75, 3.05) is 0 Å². The van der Waals surface area contributed by atoms with Crippen LogP contribution in [0.1, 0.15) is 58.2 Å². The summed E-state index contributed by atoms with van der Waals surface area (Å²) in [6.45, 7) is 0. The predicted octanol–water partition coefficient (Wildman–Crippen LogP) is 5.48. The van der Waals surface area contributed by atoms with E-state index in [-0.39, 0.29) is 30.5 Å². The third kappa shape index (κ3) is 9.95. The van der Waals surface area contributed by atoms with Crippen LogP contribution >= 0.6 is 0 Å². The van der Waals surface area contributed by atoms with Gasteiger partial charge in [0.15, 0.2) is 0 Å². The Hall–Kier alpha value is -6.54. The molecule has 14 heteroatoms. The fourth-order valence-corrected chi connectivity index (χ4v) is 6.47. The molecule has 4 aromatic carbocycles. The maximum atomic E-state index is 13.7. The first-order chi connectivity index (χ1) is 26.8. The van der Waals surface area contributed by atoms with Crippen molar-refractivity contribution in [3.05, 3.63) is 149 Å². The first kappa shape index (κ1) is 39.2. The van der Waals surface area contributed by atoms with Crippen molar-refractivity contribution in [2.24, 2.45) is 5.73 Å². The molecule has 6 rings (SSSR count). The Morgan fingerprint density at radius 3 is 2.23 bits per heavy atom. The SMILES string of the molecule is NC(=O)C[C@H](NC(=O)c1ccc2ccccc2n1)C(=O)NC(Cc1ccccc1)[C@@H](O)CCC(=O)NC(c1cccc(C(F)(F)F)c1)c1cc2ccccc2[nH]1. The van der Waals surface area contributed by atoms with Gasteiger partial charge in [0.05, 0.1) is 35.7 Å². The zero-order chi connectivity index (χ0) is 39.8. The van der Waals surface area contributed by atoms with E-state index in [0.29, 0.717) is 11.2 Å². The van der Waals surface area contributed by atoms with Crippen LogP contribution in [-0.4, -0.2) is 56.9 Å². The van der Waals surface area contributed by atoms with Crippen molar-refractivity contribution < 1.29 is 37.5 Å². The monoisotopic (exact) mass is 764 g/mol. The molecule has 4 amide bonds. The van der Waals surface area contributed by atoms with Crippen LogP contribution in [0.3, 0.4) is 0 Å². The van der Waals surface area contributed by atoms with Gasteiger partial charge in [-0.2, -0.15) is 13.2 Å². The summed E-state index contributed by atoms with van der Waals surface area (Å²) in [6.07, 6.45) is -6.81. The first-order valence-corrected chi connectivity index (χ1v) is 17.9. The predicted molar refractivity (Wildman–Crippen MR) is 204 cm³/mol. The molecule has 0 radical (unpaired) electrons. The zero-order valence-electron chi connectivity index (χ0n) is 29.9. The molecule has 2 aromatic heterocycles. The number of nitrogens with zero attached hydrogens (tertiary/aromatic N) is 1. The summed E-state index contributed by atoms with van der Waals surface area (Å²) in [7, 11) is 0. The number of aliphatic hydroxyl groups is 1. The largest absolute Gasteiger partial charge is 0.416 e. The molecule has 11 nitrogen and oxygen atoms in total. The number of aliphatic hydroxyl groups excluding tert-OH is 1. The molecule has 0 spiro atoms. The van der Waals surface area contributed by atoms with Gasteiger partial charge in [-0.25, -0.2) is 4.98 Å². The molecule has 7 N–H and O–H groups in total. The lowest BCUT2D eigenvalue weighted by Gasteiger charge is -2.27. The molecule has 4 atom stereocenters. The molecule has 0 saturated carbocycles. The first-order valence-electron chi connectivity index (χ1n) is 17.9. The van der Waals surface area contributed by atoms with Gasteiger partial charge in [-0.15, -0.1) is 0 Å². The zero-order valence-corrected chi connectivity index (χ0v) is 29.9. The number of benzene rings is 4. The number of carbonyl (C=O) groups is 4. The number of alkyl halides is 3. The highest BCUT2D eigenvalue weighted by Gasteiger charge is 2.32. The average molecular weight is 765 g/mol. The van der Waals surface area contributed by atoms with Gasteiger partial charge in [-0.05, 0) is 65.8 Å². The van der Waals surface area contributed by atoms with Crippen LogP contribution in [0.4, 0.5) is 13.2 Å².